The Bertz CT molecular complexity index is 413. The van der Waals surface area contributed by atoms with Crippen molar-refractivity contribution >= 4 is 5.78 Å². The number of carbonyl (C=O) groups excluding carboxylic acids is 1. The standard InChI is InChI=1S/C13H19NO3/c1-8(2)12-11(16-3)6-5-9(10(15)7-14)13(12)17-4/h5-6,8H,7,14H2,1-4H3. The Balaban J connectivity index is 3.46. The lowest BCUT2D eigenvalue weighted by molar-refractivity contribution is 0.0998. The molecule has 0 aliphatic carbocycles. The van der Waals surface area contributed by atoms with Gasteiger partial charge in [0.25, 0.3) is 0 Å². The summed E-state index contributed by atoms with van der Waals surface area (Å²) in [6.45, 7) is 4.02. The number of nitrogens with two attached hydrogens (primary N) is 1. The molecule has 2 N–H and O–H groups in total. The summed E-state index contributed by atoms with van der Waals surface area (Å²) in [6, 6.07) is 3.47. The molecule has 0 spiro atoms. The normalized spacial score (nSPS) is 10.5. The van der Waals surface area contributed by atoms with Gasteiger partial charge < -0.3 is 15.2 Å². The molecule has 1 aromatic carbocycles. The van der Waals surface area contributed by atoms with Crippen LogP contribution >= 0.6 is 0 Å². The largest absolute Gasteiger partial charge is 0.496 e. The van der Waals surface area contributed by atoms with Gasteiger partial charge in [-0.15, -0.1) is 0 Å². The van der Waals surface area contributed by atoms with Crippen LogP contribution in [0.2, 0.25) is 0 Å². The molecule has 1 rings (SSSR count). The second-order valence-electron chi connectivity index (χ2n) is 4.04. The van der Waals surface area contributed by atoms with Gasteiger partial charge in [0, 0.05) is 5.56 Å². The fourth-order valence-corrected chi connectivity index (χ4v) is 1.86. The number of ketones is 1. The molecule has 0 unspecified atom stereocenters. The third-order valence-corrected chi connectivity index (χ3v) is 2.64. The van der Waals surface area contributed by atoms with Gasteiger partial charge in [-0.3, -0.25) is 4.79 Å². The molecule has 0 aromatic heterocycles. The molecule has 0 aliphatic rings. The minimum atomic E-state index is -0.133. The van der Waals surface area contributed by atoms with E-state index in [1.165, 1.54) is 0 Å². The summed E-state index contributed by atoms with van der Waals surface area (Å²) < 4.78 is 10.6. The Kier molecular flexibility index (Phi) is 4.52. The minimum absolute atomic E-state index is 0.0276. The number of Topliss-reactive ketones (excluding diaryl/α,β-unsaturated/α-hetero) is 1. The summed E-state index contributed by atoms with van der Waals surface area (Å²) in [4.78, 5) is 11.7. The lowest BCUT2D eigenvalue weighted by atomic mass is 9.96. The third kappa shape index (κ3) is 2.58. The summed E-state index contributed by atoms with van der Waals surface area (Å²) in [5, 5.41) is 0. The molecule has 0 radical (unpaired) electrons. The second kappa shape index (κ2) is 5.68. The average molecular weight is 237 g/mol. The summed E-state index contributed by atoms with van der Waals surface area (Å²) in [5.74, 6) is 1.36. The molecule has 0 saturated heterocycles. The molecule has 1 aromatic rings. The maximum atomic E-state index is 11.7. The fraction of sp³-hybridized carbons (Fsp3) is 0.462. The Labute approximate surface area is 102 Å². The number of hydrogen-bond acceptors (Lipinski definition) is 4. The fourth-order valence-electron chi connectivity index (χ4n) is 1.86. The van der Waals surface area contributed by atoms with Gasteiger partial charge in [-0.1, -0.05) is 13.8 Å². The maximum absolute atomic E-state index is 11.7. The molecule has 17 heavy (non-hydrogen) atoms. The van der Waals surface area contributed by atoms with E-state index in [9.17, 15) is 4.79 Å². The first-order valence-electron chi connectivity index (χ1n) is 5.54. The molecule has 0 atom stereocenters. The predicted molar refractivity (Wildman–Crippen MR) is 67.0 cm³/mol. The Hall–Kier alpha value is -1.55. The van der Waals surface area contributed by atoms with Crippen LogP contribution < -0.4 is 15.2 Å². The van der Waals surface area contributed by atoms with E-state index < -0.39 is 0 Å². The van der Waals surface area contributed by atoms with Gasteiger partial charge in [-0.25, -0.2) is 0 Å². The van der Waals surface area contributed by atoms with Crippen molar-refractivity contribution in [2.75, 3.05) is 20.8 Å². The summed E-state index contributed by atoms with van der Waals surface area (Å²) in [6.07, 6.45) is 0. The molecular weight excluding hydrogens is 218 g/mol. The van der Waals surface area contributed by atoms with E-state index in [1.807, 2.05) is 13.8 Å². The van der Waals surface area contributed by atoms with Crippen molar-refractivity contribution in [1.82, 2.24) is 0 Å². The molecular formula is C13H19NO3. The highest BCUT2D eigenvalue weighted by Crippen LogP contribution is 2.37. The van der Waals surface area contributed by atoms with Crippen LogP contribution in [0.4, 0.5) is 0 Å². The zero-order valence-corrected chi connectivity index (χ0v) is 10.7. The Morgan fingerprint density at radius 2 is 1.94 bits per heavy atom. The van der Waals surface area contributed by atoms with Crippen molar-refractivity contribution in [3.05, 3.63) is 23.3 Å². The topological polar surface area (TPSA) is 61.5 Å². The average Bonchev–Trinajstić information content (AvgIpc) is 2.35. The van der Waals surface area contributed by atoms with Crippen LogP contribution in [0.5, 0.6) is 11.5 Å². The monoisotopic (exact) mass is 237 g/mol. The second-order valence-corrected chi connectivity index (χ2v) is 4.04. The lowest BCUT2D eigenvalue weighted by Crippen LogP contribution is -2.15. The molecule has 94 valence electrons. The van der Waals surface area contributed by atoms with Crippen LogP contribution in [-0.2, 0) is 0 Å². The highest BCUT2D eigenvalue weighted by molar-refractivity contribution is 6.00. The quantitative estimate of drug-likeness (QED) is 0.795. The molecule has 0 saturated carbocycles. The minimum Gasteiger partial charge on any atom is -0.496 e. The maximum Gasteiger partial charge on any atom is 0.180 e. The van der Waals surface area contributed by atoms with E-state index in [0.29, 0.717) is 11.3 Å². The van der Waals surface area contributed by atoms with E-state index in [2.05, 4.69) is 0 Å². The van der Waals surface area contributed by atoms with Gasteiger partial charge in [0.2, 0.25) is 0 Å². The molecule has 0 aliphatic heterocycles. The van der Waals surface area contributed by atoms with Crippen molar-refractivity contribution in [3.8, 4) is 11.5 Å². The summed E-state index contributed by atoms with van der Waals surface area (Å²) >= 11 is 0. The lowest BCUT2D eigenvalue weighted by Gasteiger charge is -2.18. The third-order valence-electron chi connectivity index (χ3n) is 2.64. The SMILES string of the molecule is COc1ccc(C(=O)CN)c(OC)c1C(C)C. The number of rotatable bonds is 5. The van der Waals surface area contributed by atoms with Crippen molar-refractivity contribution in [1.29, 1.82) is 0 Å². The summed E-state index contributed by atoms with van der Waals surface area (Å²) in [5.41, 5.74) is 6.80. The van der Waals surface area contributed by atoms with Gasteiger partial charge in [0.1, 0.15) is 11.5 Å². The highest BCUT2D eigenvalue weighted by Gasteiger charge is 2.20. The van der Waals surface area contributed by atoms with Crippen LogP contribution in [0.3, 0.4) is 0 Å². The molecule has 0 heterocycles. The molecule has 4 heteroatoms. The van der Waals surface area contributed by atoms with Crippen LogP contribution in [0, 0.1) is 0 Å². The van der Waals surface area contributed by atoms with Crippen LogP contribution in [-0.4, -0.2) is 26.5 Å². The summed E-state index contributed by atoms with van der Waals surface area (Å²) in [7, 11) is 3.15. The zero-order chi connectivity index (χ0) is 13.0. The van der Waals surface area contributed by atoms with E-state index >= 15 is 0 Å². The van der Waals surface area contributed by atoms with Crippen LogP contribution in [0.25, 0.3) is 0 Å². The van der Waals surface area contributed by atoms with Gasteiger partial charge in [-0.05, 0) is 18.1 Å². The number of hydrogen-bond donors (Lipinski definition) is 1. The molecule has 4 nitrogen and oxygen atoms in total. The zero-order valence-electron chi connectivity index (χ0n) is 10.7. The number of methoxy groups -OCH3 is 2. The smallest absolute Gasteiger partial charge is 0.180 e. The van der Waals surface area contributed by atoms with Crippen molar-refractivity contribution < 1.29 is 14.3 Å². The van der Waals surface area contributed by atoms with Gasteiger partial charge in [-0.2, -0.15) is 0 Å². The first kappa shape index (κ1) is 13.5. The van der Waals surface area contributed by atoms with E-state index in [-0.39, 0.29) is 18.2 Å². The molecule has 0 amide bonds. The highest BCUT2D eigenvalue weighted by atomic mass is 16.5. The van der Waals surface area contributed by atoms with Crippen molar-refractivity contribution in [2.24, 2.45) is 5.73 Å². The van der Waals surface area contributed by atoms with E-state index in [1.54, 1.807) is 26.4 Å². The number of benzene rings is 1. The first-order valence-corrected chi connectivity index (χ1v) is 5.54. The molecule has 0 fully saturated rings. The van der Waals surface area contributed by atoms with Crippen molar-refractivity contribution in [2.45, 2.75) is 19.8 Å². The van der Waals surface area contributed by atoms with Crippen molar-refractivity contribution in [3.63, 3.8) is 0 Å². The Morgan fingerprint density at radius 3 is 2.35 bits per heavy atom. The predicted octanol–water partition coefficient (Wildman–Crippen LogP) is 1.97. The van der Waals surface area contributed by atoms with E-state index in [0.717, 1.165) is 11.3 Å². The number of ether oxygens (including phenoxy) is 2. The molecule has 0 bridgehead atoms. The van der Waals surface area contributed by atoms with Gasteiger partial charge >= 0.3 is 0 Å². The first-order chi connectivity index (χ1) is 8.06. The van der Waals surface area contributed by atoms with E-state index in [4.69, 9.17) is 15.2 Å². The van der Waals surface area contributed by atoms with Crippen LogP contribution in [0.1, 0.15) is 35.7 Å². The van der Waals surface area contributed by atoms with Crippen LogP contribution in [0.15, 0.2) is 12.1 Å². The Morgan fingerprint density at radius 1 is 1.29 bits per heavy atom. The van der Waals surface area contributed by atoms with Gasteiger partial charge in [0.05, 0.1) is 26.3 Å². The number of carbonyl (C=O) groups is 1. The van der Waals surface area contributed by atoms with Gasteiger partial charge in [0.15, 0.2) is 5.78 Å².